The summed E-state index contributed by atoms with van der Waals surface area (Å²) < 4.78 is 18.0. The van der Waals surface area contributed by atoms with E-state index in [1.54, 1.807) is 14.2 Å². The van der Waals surface area contributed by atoms with Crippen molar-refractivity contribution >= 4 is 11.6 Å². The molecule has 2 aromatic rings. The first-order chi connectivity index (χ1) is 17.7. The SMILES string of the molecule is CCOc1cc2c(cc1OC)C(c1ccc(C(=O)N(C(C)C)C(C)C)cc1)=N[C@@H]1CCN(C)C[C@@]21OC. The molecule has 2 atom stereocenters. The summed E-state index contributed by atoms with van der Waals surface area (Å²) in [6.45, 7) is 12.4. The number of nitrogens with zero attached hydrogens (tertiary/aromatic N) is 3. The summed E-state index contributed by atoms with van der Waals surface area (Å²) in [5.41, 5.74) is 3.99. The molecule has 2 heterocycles. The van der Waals surface area contributed by atoms with E-state index in [0.717, 1.165) is 41.9 Å². The standard InChI is InChI=1S/C30H41N3O4/c1-9-37-26-17-24-23(16-25(26)35-7)28(31-27-14-15-32(6)18-30(24,27)36-8)21-10-12-22(13-11-21)29(34)33(19(2)3)20(4)5/h10-13,16-17,19-20,27H,9,14-15,18H2,1-8H3/t27-,30-/m1/s1. The molecule has 0 spiro atoms. The first-order valence-electron chi connectivity index (χ1n) is 13.3. The molecule has 1 amide bonds. The maximum atomic E-state index is 13.2. The minimum Gasteiger partial charge on any atom is -0.493 e. The molecule has 200 valence electrons. The van der Waals surface area contributed by atoms with Crippen LogP contribution < -0.4 is 9.47 Å². The van der Waals surface area contributed by atoms with E-state index in [-0.39, 0.29) is 24.0 Å². The number of methoxy groups -OCH3 is 2. The predicted molar refractivity (Wildman–Crippen MR) is 147 cm³/mol. The number of piperidine rings is 1. The average molecular weight is 508 g/mol. The molecule has 37 heavy (non-hydrogen) atoms. The molecule has 2 aliphatic heterocycles. The van der Waals surface area contributed by atoms with Gasteiger partial charge in [-0.2, -0.15) is 0 Å². The summed E-state index contributed by atoms with van der Waals surface area (Å²) in [6.07, 6.45) is 0.886. The lowest BCUT2D eigenvalue weighted by molar-refractivity contribution is -0.0795. The van der Waals surface area contributed by atoms with Gasteiger partial charge in [0.2, 0.25) is 0 Å². The predicted octanol–water partition coefficient (Wildman–Crippen LogP) is 4.75. The number of amides is 1. The van der Waals surface area contributed by atoms with E-state index in [9.17, 15) is 4.79 Å². The van der Waals surface area contributed by atoms with Crippen LogP contribution in [-0.4, -0.2) is 80.5 Å². The average Bonchev–Trinajstić information content (AvgIpc) is 2.87. The highest BCUT2D eigenvalue weighted by molar-refractivity contribution is 6.15. The molecule has 7 heteroatoms. The van der Waals surface area contributed by atoms with Gasteiger partial charge < -0.3 is 24.0 Å². The lowest BCUT2D eigenvalue weighted by Gasteiger charge is -2.48. The molecule has 0 bridgehead atoms. The van der Waals surface area contributed by atoms with Gasteiger partial charge in [0.1, 0.15) is 5.60 Å². The van der Waals surface area contributed by atoms with E-state index < -0.39 is 5.60 Å². The first kappa shape index (κ1) is 27.1. The number of fused-ring (bicyclic) bond motifs is 3. The van der Waals surface area contributed by atoms with E-state index in [4.69, 9.17) is 19.2 Å². The Morgan fingerprint density at radius 1 is 1.11 bits per heavy atom. The number of carbonyl (C=O) groups excluding carboxylic acids is 1. The third-order valence-corrected chi connectivity index (χ3v) is 7.54. The van der Waals surface area contributed by atoms with Crippen molar-refractivity contribution in [1.82, 2.24) is 9.80 Å². The van der Waals surface area contributed by atoms with Crippen molar-refractivity contribution in [2.24, 2.45) is 4.99 Å². The van der Waals surface area contributed by atoms with Gasteiger partial charge in [-0.1, -0.05) is 12.1 Å². The molecule has 0 N–H and O–H groups in total. The Balaban J connectivity index is 1.82. The summed E-state index contributed by atoms with van der Waals surface area (Å²) in [5.74, 6) is 1.41. The van der Waals surface area contributed by atoms with E-state index in [1.165, 1.54) is 0 Å². The van der Waals surface area contributed by atoms with Crippen molar-refractivity contribution in [3.05, 3.63) is 58.7 Å². The Morgan fingerprint density at radius 3 is 2.35 bits per heavy atom. The fraction of sp³-hybridized carbons (Fsp3) is 0.533. The van der Waals surface area contributed by atoms with Gasteiger partial charge in [0, 0.05) is 54.5 Å². The van der Waals surface area contributed by atoms with Gasteiger partial charge in [-0.15, -0.1) is 0 Å². The Labute approximate surface area is 221 Å². The number of likely N-dealkylation sites (N-methyl/N-ethyl adjacent to an activating group) is 1. The van der Waals surface area contributed by atoms with Crippen LogP contribution in [0.15, 0.2) is 41.4 Å². The van der Waals surface area contributed by atoms with Gasteiger partial charge >= 0.3 is 0 Å². The largest absolute Gasteiger partial charge is 0.493 e. The van der Waals surface area contributed by atoms with Crippen LogP contribution in [0.4, 0.5) is 0 Å². The van der Waals surface area contributed by atoms with Crippen molar-refractivity contribution < 1.29 is 19.0 Å². The van der Waals surface area contributed by atoms with Crippen LogP contribution >= 0.6 is 0 Å². The maximum Gasteiger partial charge on any atom is 0.254 e. The Bertz CT molecular complexity index is 1150. The molecule has 2 aliphatic rings. The third kappa shape index (κ3) is 4.87. The van der Waals surface area contributed by atoms with Crippen molar-refractivity contribution in [2.75, 3.05) is 41.0 Å². The van der Waals surface area contributed by atoms with Crippen molar-refractivity contribution in [1.29, 1.82) is 0 Å². The molecular formula is C30H41N3O4. The number of hydrogen-bond acceptors (Lipinski definition) is 6. The Morgan fingerprint density at radius 2 is 1.78 bits per heavy atom. The molecule has 0 aromatic heterocycles. The normalized spacial score (nSPS) is 21.4. The zero-order valence-corrected chi connectivity index (χ0v) is 23.5. The lowest BCUT2D eigenvalue weighted by Crippen LogP contribution is -2.56. The molecule has 0 saturated carbocycles. The number of carbonyl (C=O) groups is 1. The summed E-state index contributed by atoms with van der Waals surface area (Å²) in [7, 11) is 5.55. The number of benzene rings is 2. The quantitative estimate of drug-likeness (QED) is 0.516. The molecule has 2 aromatic carbocycles. The van der Waals surface area contributed by atoms with Crippen LogP contribution in [0.5, 0.6) is 11.5 Å². The van der Waals surface area contributed by atoms with Crippen LogP contribution in [0.2, 0.25) is 0 Å². The summed E-state index contributed by atoms with van der Waals surface area (Å²) in [4.78, 5) is 22.7. The highest BCUT2D eigenvalue weighted by atomic mass is 16.5. The molecule has 0 aliphatic carbocycles. The second-order valence-corrected chi connectivity index (χ2v) is 10.6. The molecule has 0 radical (unpaired) electrons. The van der Waals surface area contributed by atoms with E-state index in [2.05, 4.69) is 18.0 Å². The minimum atomic E-state index is -0.575. The van der Waals surface area contributed by atoms with Crippen LogP contribution in [0.1, 0.15) is 68.1 Å². The highest BCUT2D eigenvalue weighted by Gasteiger charge is 2.49. The van der Waals surface area contributed by atoms with Gasteiger partial charge in [-0.25, -0.2) is 0 Å². The van der Waals surface area contributed by atoms with Gasteiger partial charge in [-0.05, 0) is 72.4 Å². The molecule has 7 nitrogen and oxygen atoms in total. The zero-order valence-electron chi connectivity index (χ0n) is 23.5. The maximum absolute atomic E-state index is 13.2. The minimum absolute atomic E-state index is 0.0299. The first-order valence-corrected chi connectivity index (χ1v) is 13.3. The number of rotatable bonds is 8. The molecule has 1 saturated heterocycles. The fourth-order valence-electron chi connectivity index (χ4n) is 5.88. The molecule has 1 fully saturated rings. The topological polar surface area (TPSA) is 63.6 Å². The lowest BCUT2D eigenvalue weighted by atomic mass is 9.75. The number of ether oxygens (including phenoxy) is 3. The zero-order chi connectivity index (χ0) is 26.9. The van der Waals surface area contributed by atoms with Crippen molar-refractivity contribution in [2.45, 2.75) is 64.8 Å². The summed E-state index contributed by atoms with van der Waals surface area (Å²) >= 11 is 0. The number of aliphatic imine (C=N–C) groups is 1. The van der Waals surface area contributed by atoms with Gasteiger partial charge in [0.05, 0.1) is 25.5 Å². The summed E-state index contributed by atoms with van der Waals surface area (Å²) in [6, 6.07) is 12.1. The van der Waals surface area contributed by atoms with Crippen LogP contribution in [0.25, 0.3) is 0 Å². The van der Waals surface area contributed by atoms with Gasteiger partial charge in [0.25, 0.3) is 5.91 Å². The Hall–Kier alpha value is -2.90. The number of hydrogen-bond donors (Lipinski definition) is 0. The van der Waals surface area contributed by atoms with Crippen molar-refractivity contribution in [3.8, 4) is 11.5 Å². The van der Waals surface area contributed by atoms with Crippen LogP contribution in [0, 0.1) is 0 Å². The van der Waals surface area contributed by atoms with Crippen LogP contribution in [-0.2, 0) is 10.3 Å². The smallest absolute Gasteiger partial charge is 0.254 e. The summed E-state index contributed by atoms with van der Waals surface area (Å²) in [5, 5.41) is 0. The third-order valence-electron chi connectivity index (χ3n) is 7.54. The van der Waals surface area contributed by atoms with Gasteiger partial charge in [-0.3, -0.25) is 9.79 Å². The van der Waals surface area contributed by atoms with Crippen LogP contribution in [0.3, 0.4) is 0 Å². The van der Waals surface area contributed by atoms with E-state index >= 15 is 0 Å². The second-order valence-electron chi connectivity index (χ2n) is 10.6. The van der Waals surface area contributed by atoms with E-state index in [1.807, 2.05) is 69.9 Å². The monoisotopic (exact) mass is 507 g/mol. The fourth-order valence-corrected chi connectivity index (χ4v) is 5.88. The van der Waals surface area contributed by atoms with Crippen molar-refractivity contribution in [3.63, 3.8) is 0 Å². The number of likely N-dealkylation sites (tertiary alicyclic amines) is 1. The second kappa shape index (κ2) is 10.8. The molecule has 4 rings (SSSR count). The highest BCUT2D eigenvalue weighted by Crippen LogP contribution is 2.46. The Kier molecular flexibility index (Phi) is 7.95. The van der Waals surface area contributed by atoms with Gasteiger partial charge in [0.15, 0.2) is 11.5 Å². The molecular weight excluding hydrogens is 466 g/mol. The molecule has 0 unspecified atom stereocenters. The van der Waals surface area contributed by atoms with E-state index in [0.29, 0.717) is 23.7 Å².